The molecule has 1 unspecified atom stereocenters. The third-order valence-corrected chi connectivity index (χ3v) is 4.50. The van der Waals surface area contributed by atoms with Crippen molar-refractivity contribution in [2.75, 3.05) is 25.5 Å². The first-order chi connectivity index (χ1) is 7.14. The normalized spacial score (nSPS) is 34.3. The molecule has 2 aliphatic rings. The number of likely N-dealkylation sites (tertiary alicyclic amines) is 1. The lowest BCUT2D eigenvalue weighted by Crippen LogP contribution is -2.44. The van der Waals surface area contributed by atoms with E-state index in [2.05, 4.69) is 48.2 Å². The number of para-hydroxylation sites is 1. The van der Waals surface area contributed by atoms with Crippen molar-refractivity contribution in [2.45, 2.75) is 17.3 Å². The minimum atomic E-state index is 0.0279. The average Bonchev–Trinajstić information content (AvgIpc) is 2.65. The van der Waals surface area contributed by atoms with Crippen molar-refractivity contribution in [1.29, 1.82) is 0 Å². The molecule has 2 aliphatic heterocycles. The summed E-state index contributed by atoms with van der Waals surface area (Å²) in [6, 6.07) is 8.64. The van der Waals surface area contributed by atoms with Crippen LogP contribution >= 0.6 is 12.6 Å². The van der Waals surface area contributed by atoms with Gasteiger partial charge in [0, 0.05) is 19.3 Å². The molecule has 0 aliphatic carbocycles. The third-order valence-electron chi connectivity index (χ3n) is 3.81. The molecule has 2 nitrogen and oxygen atoms in total. The van der Waals surface area contributed by atoms with Crippen LogP contribution < -0.4 is 4.90 Å². The predicted molar refractivity (Wildman–Crippen MR) is 66.5 cm³/mol. The molecule has 3 rings (SSSR count). The number of benzene rings is 1. The van der Waals surface area contributed by atoms with Crippen LogP contribution in [0.1, 0.15) is 12.0 Å². The van der Waals surface area contributed by atoms with Gasteiger partial charge in [-0.1, -0.05) is 18.2 Å². The molecule has 1 saturated heterocycles. The minimum Gasteiger partial charge on any atom is -0.357 e. The molecular weight excluding hydrogens is 204 g/mol. The summed E-state index contributed by atoms with van der Waals surface area (Å²) in [5, 5.41) is 0. The Bertz CT molecular complexity index is 406. The maximum absolute atomic E-state index is 4.95. The van der Waals surface area contributed by atoms with Crippen LogP contribution in [-0.4, -0.2) is 31.7 Å². The van der Waals surface area contributed by atoms with Gasteiger partial charge in [-0.25, -0.2) is 0 Å². The summed E-state index contributed by atoms with van der Waals surface area (Å²) in [7, 11) is 4.36. The Balaban J connectivity index is 2.19. The summed E-state index contributed by atoms with van der Waals surface area (Å²) in [6.45, 7) is 1.13. The van der Waals surface area contributed by atoms with Crippen molar-refractivity contribution in [3.8, 4) is 0 Å². The fourth-order valence-electron chi connectivity index (χ4n) is 3.13. The highest BCUT2D eigenvalue weighted by molar-refractivity contribution is 7.81. The molecule has 1 fully saturated rings. The number of nitrogens with zero attached hydrogens (tertiary/aromatic N) is 2. The van der Waals surface area contributed by atoms with E-state index in [1.54, 1.807) is 0 Å². The molecule has 15 heavy (non-hydrogen) atoms. The quantitative estimate of drug-likeness (QED) is 0.667. The Labute approximate surface area is 96.3 Å². The maximum Gasteiger partial charge on any atom is 0.100 e. The zero-order valence-corrected chi connectivity index (χ0v) is 10.0. The van der Waals surface area contributed by atoms with E-state index in [0.29, 0.717) is 6.17 Å². The molecule has 0 spiro atoms. The molecule has 0 saturated carbocycles. The number of rotatable bonds is 0. The largest absolute Gasteiger partial charge is 0.357 e. The first-order valence-corrected chi connectivity index (χ1v) is 5.84. The first kappa shape index (κ1) is 9.55. The van der Waals surface area contributed by atoms with Crippen molar-refractivity contribution in [3.05, 3.63) is 29.8 Å². The third kappa shape index (κ3) is 1.05. The Morgan fingerprint density at radius 1 is 1.33 bits per heavy atom. The summed E-state index contributed by atoms with van der Waals surface area (Å²) >= 11 is 4.95. The molecule has 1 aromatic rings. The summed E-state index contributed by atoms with van der Waals surface area (Å²) in [6.07, 6.45) is 1.55. The Kier molecular flexibility index (Phi) is 1.86. The van der Waals surface area contributed by atoms with E-state index in [-0.39, 0.29) is 4.75 Å². The smallest absolute Gasteiger partial charge is 0.100 e. The molecule has 0 radical (unpaired) electrons. The van der Waals surface area contributed by atoms with E-state index in [1.165, 1.54) is 11.3 Å². The summed E-state index contributed by atoms with van der Waals surface area (Å²) in [5.41, 5.74) is 2.73. The fraction of sp³-hybridized carbons (Fsp3) is 0.500. The second-order valence-corrected chi connectivity index (χ2v) is 5.45. The predicted octanol–water partition coefficient (Wildman–Crippen LogP) is 1.92. The van der Waals surface area contributed by atoms with Crippen LogP contribution in [0.5, 0.6) is 0 Å². The molecule has 0 aromatic heterocycles. The average molecular weight is 220 g/mol. The number of thiol groups is 1. The number of fused-ring (bicyclic) bond motifs is 3. The molecular formula is C12H16N2S. The molecule has 3 heteroatoms. The molecule has 1 aromatic carbocycles. The Hall–Kier alpha value is -0.670. The zero-order chi connectivity index (χ0) is 10.6. The van der Waals surface area contributed by atoms with E-state index in [1.807, 2.05) is 0 Å². The minimum absolute atomic E-state index is 0.0279. The highest BCUT2D eigenvalue weighted by atomic mass is 32.1. The van der Waals surface area contributed by atoms with E-state index >= 15 is 0 Å². The van der Waals surface area contributed by atoms with Gasteiger partial charge in [-0.05, 0) is 25.1 Å². The van der Waals surface area contributed by atoms with Crippen molar-refractivity contribution in [2.24, 2.45) is 0 Å². The van der Waals surface area contributed by atoms with Gasteiger partial charge in [-0.3, -0.25) is 4.90 Å². The van der Waals surface area contributed by atoms with Gasteiger partial charge in [-0.2, -0.15) is 12.6 Å². The Morgan fingerprint density at radius 3 is 2.87 bits per heavy atom. The van der Waals surface area contributed by atoms with Crippen molar-refractivity contribution in [1.82, 2.24) is 4.90 Å². The highest BCUT2D eigenvalue weighted by Crippen LogP contribution is 2.53. The lowest BCUT2D eigenvalue weighted by atomic mass is 9.97. The van der Waals surface area contributed by atoms with Gasteiger partial charge >= 0.3 is 0 Å². The van der Waals surface area contributed by atoms with E-state index in [0.717, 1.165) is 13.0 Å². The van der Waals surface area contributed by atoms with Gasteiger partial charge in [0.2, 0.25) is 0 Å². The molecule has 0 bridgehead atoms. The SMILES string of the molecule is CN1CC[C@@]2(S)c3ccccc3N(C)C12. The van der Waals surface area contributed by atoms with Gasteiger partial charge in [-0.15, -0.1) is 0 Å². The number of hydrogen-bond acceptors (Lipinski definition) is 3. The van der Waals surface area contributed by atoms with Crippen LogP contribution in [0.25, 0.3) is 0 Å². The molecule has 2 heterocycles. The summed E-state index contributed by atoms with van der Waals surface area (Å²) in [5.74, 6) is 0. The summed E-state index contributed by atoms with van der Waals surface area (Å²) < 4.78 is 0.0279. The van der Waals surface area contributed by atoms with Crippen LogP contribution in [0.3, 0.4) is 0 Å². The summed E-state index contributed by atoms with van der Waals surface area (Å²) in [4.78, 5) is 4.75. The highest BCUT2D eigenvalue weighted by Gasteiger charge is 2.52. The van der Waals surface area contributed by atoms with E-state index < -0.39 is 0 Å². The van der Waals surface area contributed by atoms with Crippen LogP contribution in [0.2, 0.25) is 0 Å². The molecule has 0 amide bonds. The van der Waals surface area contributed by atoms with Crippen molar-refractivity contribution in [3.63, 3.8) is 0 Å². The van der Waals surface area contributed by atoms with Gasteiger partial charge < -0.3 is 4.90 Å². The van der Waals surface area contributed by atoms with Crippen LogP contribution in [-0.2, 0) is 4.75 Å². The van der Waals surface area contributed by atoms with Gasteiger partial charge in [0.1, 0.15) is 6.17 Å². The van der Waals surface area contributed by atoms with Crippen LogP contribution in [0, 0.1) is 0 Å². The van der Waals surface area contributed by atoms with Crippen molar-refractivity contribution >= 4 is 18.3 Å². The standard InChI is InChI=1S/C12H16N2S/c1-13-8-7-12(15)9-5-3-4-6-10(9)14(2)11(12)13/h3-6,11,15H,7-8H2,1-2H3/t11?,12-/m1/s1. The zero-order valence-electron chi connectivity index (χ0n) is 9.14. The van der Waals surface area contributed by atoms with Gasteiger partial charge in [0.25, 0.3) is 0 Å². The number of anilines is 1. The van der Waals surface area contributed by atoms with E-state index in [9.17, 15) is 0 Å². The molecule has 0 N–H and O–H groups in total. The number of hydrogen-bond donors (Lipinski definition) is 1. The van der Waals surface area contributed by atoms with Crippen LogP contribution in [0.4, 0.5) is 5.69 Å². The fourth-order valence-corrected chi connectivity index (χ4v) is 3.79. The van der Waals surface area contributed by atoms with Crippen molar-refractivity contribution < 1.29 is 0 Å². The molecule has 2 atom stereocenters. The lowest BCUT2D eigenvalue weighted by molar-refractivity contribution is 0.297. The second kappa shape index (κ2) is 2.92. The van der Waals surface area contributed by atoms with Gasteiger partial charge in [0.15, 0.2) is 0 Å². The van der Waals surface area contributed by atoms with E-state index in [4.69, 9.17) is 12.6 Å². The molecule has 80 valence electrons. The monoisotopic (exact) mass is 220 g/mol. The van der Waals surface area contributed by atoms with Crippen LogP contribution in [0.15, 0.2) is 24.3 Å². The maximum atomic E-state index is 4.95. The first-order valence-electron chi connectivity index (χ1n) is 5.39. The second-order valence-electron chi connectivity index (χ2n) is 4.66. The topological polar surface area (TPSA) is 6.48 Å². The Morgan fingerprint density at radius 2 is 2.07 bits per heavy atom. The van der Waals surface area contributed by atoms with Gasteiger partial charge in [0.05, 0.1) is 4.75 Å². The number of likely N-dealkylation sites (N-methyl/N-ethyl adjacent to an activating group) is 2. The lowest BCUT2D eigenvalue weighted by Gasteiger charge is -2.31.